The molecule has 0 amide bonds. The second-order valence-electron chi connectivity index (χ2n) is 3.66. The number of benzene rings is 1. The third-order valence-corrected chi connectivity index (χ3v) is 3.75. The molecule has 1 aromatic carbocycles. The molecule has 5 heteroatoms. The van der Waals surface area contributed by atoms with Crippen molar-refractivity contribution < 1.29 is 9.47 Å². The standard InChI is InChI=1S/C13H19BrClNO2/c1-3-17-12(18-4-2)8-9-16-11-7-5-6-10(15)13(11)14/h5-7,12,16H,3-4,8-9H2,1-2H3. The van der Waals surface area contributed by atoms with Crippen molar-refractivity contribution in [1.29, 1.82) is 0 Å². The molecular weight excluding hydrogens is 318 g/mol. The largest absolute Gasteiger partial charge is 0.384 e. The normalized spacial score (nSPS) is 10.9. The third kappa shape index (κ3) is 5.14. The first-order chi connectivity index (χ1) is 8.69. The van der Waals surface area contributed by atoms with Gasteiger partial charge in [0.25, 0.3) is 0 Å². The fraction of sp³-hybridized carbons (Fsp3) is 0.538. The van der Waals surface area contributed by atoms with Gasteiger partial charge in [-0.15, -0.1) is 0 Å². The SMILES string of the molecule is CCOC(CCNc1cccc(Cl)c1Br)OCC. The summed E-state index contributed by atoms with van der Waals surface area (Å²) in [6.07, 6.45) is 0.645. The molecule has 0 radical (unpaired) electrons. The van der Waals surface area contributed by atoms with Crippen molar-refractivity contribution in [2.45, 2.75) is 26.6 Å². The van der Waals surface area contributed by atoms with E-state index in [1.807, 2.05) is 32.0 Å². The van der Waals surface area contributed by atoms with E-state index in [4.69, 9.17) is 21.1 Å². The molecule has 0 spiro atoms. The Morgan fingerprint density at radius 2 is 1.94 bits per heavy atom. The average molecular weight is 337 g/mol. The van der Waals surface area contributed by atoms with Crippen molar-refractivity contribution in [2.75, 3.05) is 25.1 Å². The average Bonchev–Trinajstić information content (AvgIpc) is 2.35. The fourth-order valence-electron chi connectivity index (χ4n) is 1.55. The van der Waals surface area contributed by atoms with Crippen LogP contribution in [-0.4, -0.2) is 26.0 Å². The van der Waals surface area contributed by atoms with E-state index >= 15 is 0 Å². The second-order valence-corrected chi connectivity index (χ2v) is 4.86. The van der Waals surface area contributed by atoms with Crippen LogP contribution < -0.4 is 5.32 Å². The highest BCUT2D eigenvalue weighted by Crippen LogP contribution is 2.29. The molecule has 0 aliphatic rings. The lowest BCUT2D eigenvalue weighted by atomic mass is 10.3. The minimum atomic E-state index is -0.148. The van der Waals surface area contributed by atoms with Crippen LogP contribution in [0, 0.1) is 0 Å². The molecule has 0 unspecified atom stereocenters. The van der Waals surface area contributed by atoms with E-state index in [1.54, 1.807) is 0 Å². The molecule has 1 N–H and O–H groups in total. The van der Waals surface area contributed by atoms with Crippen molar-refractivity contribution in [3.63, 3.8) is 0 Å². The van der Waals surface area contributed by atoms with Gasteiger partial charge in [-0.1, -0.05) is 17.7 Å². The fourth-order valence-corrected chi connectivity index (χ4v) is 2.13. The predicted octanol–water partition coefficient (Wildman–Crippen LogP) is 4.30. The van der Waals surface area contributed by atoms with Crippen LogP contribution in [0.25, 0.3) is 0 Å². The molecule has 0 atom stereocenters. The van der Waals surface area contributed by atoms with Crippen LogP contribution in [0.5, 0.6) is 0 Å². The van der Waals surface area contributed by atoms with Crippen molar-refractivity contribution in [1.82, 2.24) is 0 Å². The van der Waals surface area contributed by atoms with Crippen LogP contribution in [0.1, 0.15) is 20.3 Å². The summed E-state index contributed by atoms with van der Waals surface area (Å²) < 4.78 is 11.8. The minimum Gasteiger partial charge on any atom is -0.384 e. The Balaban J connectivity index is 2.42. The van der Waals surface area contributed by atoms with Crippen LogP contribution in [0.15, 0.2) is 22.7 Å². The summed E-state index contributed by atoms with van der Waals surface area (Å²) in [4.78, 5) is 0. The summed E-state index contributed by atoms with van der Waals surface area (Å²) in [6.45, 7) is 6.01. The Labute approximate surface area is 122 Å². The number of rotatable bonds is 8. The van der Waals surface area contributed by atoms with Crippen molar-refractivity contribution in [2.24, 2.45) is 0 Å². The van der Waals surface area contributed by atoms with Crippen LogP contribution in [0.4, 0.5) is 5.69 Å². The van der Waals surface area contributed by atoms with Crippen LogP contribution in [0.2, 0.25) is 5.02 Å². The lowest BCUT2D eigenvalue weighted by Gasteiger charge is -2.17. The Hall–Kier alpha value is -0.290. The lowest BCUT2D eigenvalue weighted by molar-refractivity contribution is -0.137. The number of hydrogen-bond donors (Lipinski definition) is 1. The zero-order valence-electron chi connectivity index (χ0n) is 10.7. The molecule has 0 aromatic heterocycles. The lowest BCUT2D eigenvalue weighted by Crippen LogP contribution is -2.21. The van der Waals surface area contributed by atoms with E-state index in [-0.39, 0.29) is 6.29 Å². The molecule has 0 saturated carbocycles. The molecule has 0 aliphatic carbocycles. The highest BCUT2D eigenvalue weighted by Gasteiger charge is 2.08. The van der Waals surface area contributed by atoms with Gasteiger partial charge in [0.15, 0.2) is 6.29 Å². The topological polar surface area (TPSA) is 30.5 Å². The Bertz CT molecular complexity index is 357. The van der Waals surface area contributed by atoms with E-state index < -0.39 is 0 Å². The van der Waals surface area contributed by atoms with E-state index in [1.165, 1.54) is 0 Å². The molecule has 3 nitrogen and oxygen atoms in total. The zero-order valence-corrected chi connectivity index (χ0v) is 13.1. The smallest absolute Gasteiger partial charge is 0.159 e. The van der Waals surface area contributed by atoms with Crippen molar-refractivity contribution in [3.8, 4) is 0 Å². The Kier molecular flexibility index (Phi) is 7.66. The molecule has 102 valence electrons. The summed E-state index contributed by atoms with van der Waals surface area (Å²) in [6, 6.07) is 5.74. The maximum Gasteiger partial charge on any atom is 0.159 e. The Morgan fingerprint density at radius 3 is 2.56 bits per heavy atom. The van der Waals surface area contributed by atoms with Gasteiger partial charge in [0.05, 0.1) is 9.50 Å². The highest BCUT2D eigenvalue weighted by atomic mass is 79.9. The quantitative estimate of drug-likeness (QED) is 0.718. The summed E-state index contributed by atoms with van der Waals surface area (Å²) in [7, 11) is 0. The summed E-state index contributed by atoms with van der Waals surface area (Å²) >= 11 is 9.47. The van der Waals surface area contributed by atoms with E-state index in [9.17, 15) is 0 Å². The number of halogens is 2. The predicted molar refractivity (Wildman–Crippen MR) is 79.3 cm³/mol. The molecular formula is C13H19BrClNO2. The number of hydrogen-bond acceptors (Lipinski definition) is 3. The minimum absolute atomic E-state index is 0.148. The van der Waals surface area contributed by atoms with Gasteiger partial charge in [0.2, 0.25) is 0 Å². The van der Waals surface area contributed by atoms with Gasteiger partial charge in [-0.25, -0.2) is 0 Å². The zero-order chi connectivity index (χ0) is 13.4. The van der Waals surface area contributed by atoms with Gasteiger partial charge in [-0.05, 0) is 41.9 Å². The van der Waals surface area contributed by atoms with Crippen molar-refractivity contribution in [3.05, 3.63) is 27.7 Å². The molecule has 1 rings (SSSR count). The van der Waals surface area contributed by atoms with E-state index in [0.29, 0.717) is 18.2 Å². The summed E-state index contributed by atoms with van der Waals surface area (Å²) in [5.41, 5.74) is 0.981. The van der Waals surface area contributed by atoms with Crippen LogP contribution >= 0.6 is 27.5 Å². The van der Waals surface area contributed by atoms with Crippen LogP contribution in [0.3, 0.4) is 0 Å². The third-order valence-electron chi connectivity index (χ3n) is 2.35. The van der Waals surface area contributed by atoms with Crippen molar-refractivity contribution >= 4 is 33.2 Å². The molecule has 0 fully saturated rings. The Morgan fingerprint density at radius 1 is 1.28 bits per heavy atom. The first-order valence-electron chi connectivity index (χ1n) is 6.10. The molecule has 0 heterocycles. The number of anilines is 1. The van der Waals surface area contributed by atoms with E-state index in [0.717, 1.165) is 23.1 Å². The van der Waals surface area contributed by atoms with E-state index in [2.05, 4.69) is 21.2 Å². The first kappa shape index (κ1) is 15.8. The van der Waals surface area contributed by atoms with Crippen LogP contribution in [-0.2, 0) is 9.47 Å². The van der Waals surface area contributed by atoms with Gasteiger partial charge >= 0.3 is 0 Å². The van der Waals surface area contributed by atoms with Gasteiger partial charge in [0, 0.05) is 31.9 Å². The maximum atomic E-state index is 6.02. The van der Waals surface area contributed by atoms with Gasteiger partial charge in [-0.3, -0.25) is 0 Å². The number of nitrogens with one attached hydrogen (secondary N) is 1. The molecule has 18 heavy (non-hydrogen) atoms. The number of ether oxygens (including phenoxy) is 2. The summed E-state index contributed by atoms with van der Waals surface area (Å²) in [5.74, 6) is 0. The van der Waals surface area contributed by atoms with Gasteiger partial charge < -0.3 is 14.8 Å². The maximum absolute atomic E-state index is 6.02. The highest BCUT2D eigenvalue weighted by molar-refractivity contribution is 9.10. The molecule has 0 aliphatic heterocycles. The molecule has 0 bridgehead atoms. The second kappa shape index (κ2) is 8.75. The molecule has 0 saturated heterocycles. The van der Waals surface area contributed by atoms with Gasteiger partial charge in [-0.2, -0.15) is 0 Å². The monoisotopic (exact) mass is 335 g/mol. The molecule has 1 aromatic rings. The van der Waals surface area contributed by atoms with Gasteiger partial charge in [0.1, 0.15) is 0 Å². The summed E-state index contributed by atoms with van der Waals surface area (Å²) in [5, 5.41) is 4.01. The first-order valence-corrected chi connectivity index (χ1v) is 7.27.